The standard InChI is InChI=1S/C9H9F2NO/c1-6(12-13-2)7-3-4-8(10)9(11)5-7/h3-5H,1-2H3. The van der Waals surface area contributed by atoms with Crippen LogP contribution in [0.25, 0.3) is 0 Å². The first-order valence-corrected chi connectivity index (χ1v) is 3.68. The van der Waals surface area contributed by atoms with Crippen LogP contribution in [0.3, 0.4) is 0 Å². The van der Waals surface area contributed by atoms with Crippen molar-refractivity contribution >= 4 is 5.71 Å². The van der Waals surface area contributed by atoms with Crippen LogP contribution in [0.1, 0.15) is 12.5 Å². The molecule has 0 fully saturated rings. The Morgan fingerprint density at radius 3 is 2.54 bits per heavy atom. The summed E-state index contributed by atoms with van der Waals surface area (Å²) in [5.74, 6) is -1.75. The van der Waals surface area contributed by atoms with Gasteiger partial charge in [-0.1, -0.05) is 5.16 Å². The molecule has 2 nitrogen and oxygen atoms in total. The van der Waals surface area contributed by atoms with Crippen LogP contribution in [0.15, 0.2) is 23.4 Å². The molecule has 0 bridgehead atoms. The molecule has 0 amide bonds. The zero-order valence-electron chi connectivity index (χ0n) is 7.34. The molecule has 0 spiro atoms. The molecule has 0 aliphatic heterocycles. The second-order valence-corrected chi connectivity index (χ2v) is 2.49. The molecule has 1 aromatic rings. The monoisotopic (exact) mass is 185 g/mol. The molecule has 0 heterocycles. The van der Waals surface area contributed by atoms with Crippen molar-refractivity contribution in [2.75, 3.05) is 7.11 Å². The van der Waals surface area contributed by atoms with Crippen molar-refractivity contribution in [1.29, 1.82) is 0 Å². The van der Waals surface area contributed by atoms with E-state index in [-0.39, 0.29) is 0 Å². The fourth-order valence-corrected chi connectivity index (χ4v) is 0.911. The van der Waals surface area contributed by atoms with Gasteiger partial charge in [0, 0.05) is 5.56 Å². The van der Waals surface area contributed by atoms with Gasteiger partial charge in [0.2, 0.25) is 0 Å². The zero-order chi connectivity index (χ0) is 9.84. The molecule has 0 radical (unpaired) electrons. The highest BCUT2D eigenvalue weighted by atomic mass is 19.2. The van der Waals surface area contributed by atoms with Gasteiger partial charge < -0.3 is 4.84 Å². The maximum Gasteiger partial charge on any atom is 0.159 e. The predicted molar refractivity (Wildman–Crippen MR) is 45.6 cm³/mol. The number of hydrogen-bond donors (Lipinski definition) is 0. The van der Waals surface area contributed by atoms with Crippen molar-refractivity contribution in [1.82, 2.24) is 0 Å². The third-order valence-electron chi connectivity index (χ3n) is 1.57. The Bertz CT molecular complexity index is 336. The van der Waals surface area contributed by atoms with Crippen LogP contribution >= 0.6 is 0 Å². The Labute approximate surface area is 74.8 Å². The average Bonchev–Trinajstić information content (AvgIpc) is 2.10. The van der Waals surface area contributed by atoms with E-state index >= 15 is 0 Å². The second kappa shape index (κ2) is 3.98. The molecule has 1 aromatic carbocycles. The summed E-state index contributed by atoms with van der Waals surface area (Å²) in [7, 11) is 1.39. The van der Waals surface area contributed by atoms with Crippen molar-refractivity contribution in [2.45, 2.75) is 6.92 Å². The van der Waals surface area contributed by atoms with E-state index in [2.05, 4.69) is 9.99 Å². The van der Waals surface area contributed by atoms with Gasteiger partial charge in [0.1, 0.15) is 7.11 Å². The molecule has 0 saturated heterocycles. The van der Waals surface area contributed by atoms with E-state index in [1.807, 2.05) is 0 Å². The number of benzene rings is 1. The third-order valence-corrected chi connectivity index (χ3v) is 1.57. The maximum atomic E-state index is 12.7. The Balaban J connectivity index is 3.04. The van der Waals surface area contributed by atoms with Crippen LogP contribution in [0, 0.1) is 11.6 Å². The molecule has 0 atom stereocenters. The fourth-order valence-electron chi connectivity index (χ4n) is 0.911. The second-order valence-electron chi connectivity index (χ2n) is 2.49. The predicted octanol–water partition coefficient (Wildman–Crippen LogP) is 2.34. The molecule has 0 aliphatic rings. The quantitative estimate of drug-likeness (QED) is 0.512. The molecule has 13 heavy (non-hydrogen) atoms. The Morgan fingerprint density at radius 1 is 1.31 bits per heavy atom. The summed E-state index contributed by atoms with van der Waals surface area (Å²) in [5, 5.41) is 3.59. The Kier molecular flexibility index (Phi) is 2.95. The van der Waals surface area contributed by atoms with Gasteiger partial charge in [-0.3, -0.25) is 0 Å². The molecular weight excluding hydrogens is 176 g/mol. The van der Waals surface area contributed by atoms with Gasteiger partial charge in [0.05, 0.1) is 5.71 Å². The van der Waals surface area contributed by atoms with Gasteiger partial charge in [-0.25, -0.2) is 8.78 Å². The van der Waals surface area contributed by atoms with Crippen LogP contribution in [0.5, 0.6) is 0 Å². The van der Waals surface area contributed by atoms with Crippen molar-refractivity contribution in [3.8, 4) is 0 Å². The van der Waals surface area contributed by atoms with E-state index in [1.54, 1.807) is 6.92 Å². The van der Waals surface area contributed by atoms with Gasteiger partial charge in [-0.05, 0) is 25.1 Å². The largest absolute Gasteiger partial charge is 0.399 e. The van der Waals surface area contributed by atoms with E-state index in [1.165, 1.54) is 13.2 Å². The summed E-state index contributed by atoms with van der Waals surface area (Å²) in [6.07, 6.45) is 0. The first-order chi connectivity index (χ1) is 6.15. The molecule has 0 aliphatic carbocycles. The van der Waals surface area contributed by atoms with Crippen LogP contribution in [-0.4, -0.2) is 12.8 Å². The minimum Gasteiger partial charge on any atom is -0.399 e. The number of rotatable bonds is 2. The van der Waals surface area contributed by atoms with Gasteiger partial charge in [-0.15, -0.1) is 0 Å². The summed E-state index contributed by atoms with van der Waals surface area (Å²) < 4.78 is 25.2. The van der Waals surface area contributed by atoms with Crippen LogP contribution in [0.2, 0.25) is 0 Å². The smallest absolute Gasteiger partial charge is 0.159 e. The van der Waals surface area contributed by atoms with Gasteiger partial charge >= 0.3 is 0 Å². The molecule has 0 saturated carbocycles. The van der Waals surface area contributed by atoms with E-state index in [0.717, 1.165) is 12.1 Å². The van der Waals surface area contributed by atoms with Gasteiger partial charge in [0.15, 0.2) is 11.6 Å². The lowest BCUT2D eigenvalue weighted by Crippen LogP contribution is -1.97. The highest BCUT2D eigenvalue weighted by Gasteiger charge is 2.04. The molecular formula is C9H9F2NO. The topological polar surface area (TPSA) is 21.6 Å². The summed E-state index contributed by atoms with van der Waals surface area (Å²) in [4.78, 5) is 4.50. The van der Waals surface area contributed by atoms with Crippen molar-refractivity contribution in [3.63, 3.8) is 0 Å². The van der Waals surface area contributed by atoms with Crippen LogP contribution in [-0.2, 0) is 4.84 Å². The highest BCUT2D eigenvalue weighted by molar-refractivity contribution is 5.98. The molecule has 1 rings (SSSR count). The normalized spacial score (nSPS) is 11.5. The fraction of sp³-hybridized carbons (Fsp3) is 0.222. The van der Waals surface area contributed by atoms with Crippen molar-refractivity contribution in [3.05, 3.63) is 35.4 Å². The van der Waals surface area contributed by atoms with Crippen molar-refractivity contribution < 1.29 is 13.6 Å². The molecule has 0 unspecified atom stereocenters. The van der Waals surface area contributed by atoms with Crippen LogP contribution < -0.4 is 0 Å². The zero-order valence-corrected chi connectivity index (χ0v) is 7.34. The van der Waals surface area contributed by atoms with E-state index in [0.29, 0.717) is 11.3 Å². The van der Waals surface area contributed by atoms with Crippen molar-refractivity contribution in [2.24, 2.45) is 5.16 Å². The summed E-state index contributed by atoms with van der Waals surface area (Å²) in [6.45, 7) is 1.65. The van der Waals surface area contributed by atoms with Gasteiger partial charge in [-0.2, -0.15) is 0 Å². The first kappa shape index (κ1) is 9.64. The summed E-state index contributed by atoms with van der Waals surface area (Å²) in [6, 6.07) is 3.57. The van der Waals surface area contributed by atoms with E-state index < -0.39 is 11.6 Å². The maximum absolute atomic E-state index is 12.7. The molecule has 0 aromatic heterocycles. The minimum absolute atomic E-state index is 0.501. The molecule has 4 heteroatoms. The Morgan fingerprint density at radius 2 is 2.00 bits per heavy atom. The molecule has 0 N–H and O–H groups in total. The van der Waals surface area contributed by atoms with Crippen LogP contribution in [0.4, 0.5) is 8.78 Å². The lowest BCUT2D eigenvalue weighted by atomic mass is 10.1. The number of nitrogens with zero attached hydrogens (tertiary/aromatic N) is 1. The number of hydrogen-bond acceptors (Lipinski definition) is 2. The van der Waals surface area contributed by atoms with E-state index in [9.17, 15) is 8.78 Å². The third kappa shape index (κ3) is 2.24. The molecule has 70 valence electrons. The highest BCUT2D eigenvalue weighted by Crippen LogP contribution is 2.09. The average molecular weight is 185 g/mol. The SMILES string of the molecule is CON=C(C)c1ccc(F)c(F)c1. The number of oxime groups is 1. The minimum atomic E-state index is -0.886. The Hall–Kier alpha value is -1.45. The lowest BCUT2D eigenvalue weighted by molar-refractivity contribution is 0.213. The summed E-state index contributed by atoms with van der Waals surface area (Å²) in [5.41, 5.74) is 1.00. The first-order valence-electron chi connectivity index (χ1n) is 3.68. The van der Waals surface area contributed by atoms with Gasteiger partial charge in [0.25, 0.3) is 0 Å². The van der Waals surface area contributed by atoms with E-state index in [4.69, 9.17) is 0 Å². The lowest BCUT2D eigenvalue weighted by Gasteiger charge is -1.99. The summed E-state index contributed by atoms with van der Waals surface area (Å²) >= 11 is 0. The number of halogens is 2.